The van der Waals surface area contributed by atoms with Crippen LogP contribution in [0, 0.1) is 0 Å². The van der Waals surface area contributed by atoms with E-state index in [9.17, 15) is 9.59 Å². The molecule has 0 radical (unpaired) electrons. The third kappa shape index (κ3) is 3.43. The van der Waals surface area contributed by atoms with Crippen LogP contribution in [0.4, 0.5) is 10.5 Å². The molecule has 6 nitrogen and oxygen atoms in total. The lowest BCUT2D eigenvalue weighted by Crippen LogP contribution is -2.38. The van der Waals surface area contributed by atoms with E-state index in [1.165, 1.54) is 0 Å². The lowest BCUT2D eigenvalue weighted by Gasteiger charge is -2.26. The molecular weight excluding hydrogens is 332 g/mol. The van der Waals surface area contributed by atoms with Crippen molar-refractivity contribution in [3.05, 3.63) is 22.2 Å². The molecule has 2 heterocycles. The first-order valence-corrected chi connectivity index (χ1v) is 8.37. The first-order valence-electron chi connectivity index (χ1n) is 7.99. The molecule has 1 aromatic carbocycles. The average molecular weight is 353 g/mol. The third-order valence-corrected chi connectivity index (χ3v) is 4.37. The van der Waals surface area contributed by atoms with Crippen LogP contribution in [0.3, 0.4) is 0 Å². The number of amides is 2. The van der Waals surface area contributed by atoms with E-state index in [2.05, 4.69) is 5.32 Å². The van der Waals surface area contributed by atoms with Gasteiger partial charge in [-0.15, -0.1) is 0 Å². The molecule has 0 spiro atoms. The van der Waals surface area contributed by atoms with E-state index in [1.54, 1.807) is 4.90 Å². The van der Waals surface area contributed by atoms with Crippen molar-refractivity contribution in [1.29, 1.82) is 0 Å². The van der Waals surface area contributed by atoms with E-state index in [4.69, 9.17) is 21.1 Å². The van der Waals surface area contributed by atoms with Crippen LogP contribution in [-0.4, -0.2) is 42.2 Å². The molecule has 7 heteroatoms. The fraction of sp³-hybridized carbons (Fsp3) is 0.529. The summed E-state index contributed by atoms with van der Waals surface area (Å²) in [6, 6.07) is 1.90. The lowest BCUT2D eigenvalue weighted by molar-refractivity contribution is -0.118. The van der Waals surface area contributed by atoms with Crippen LogP contribution in [0.25, 0.3) is 0 Å². The number of nitrogens with zero attached hydrogens (tertiary/aromatic N) is 1. The Morgan fingerprint density at radius 2 is 2.04 bits per heavy atom. The van der Waals surface area contributed by atoms with Gasteiger partial charge in [-0.3, -0.25) is 4.79 Å². The number of halogens is 1. The summed E-state index contributed by atoms with van der Waals surface area (Å²) in [5.74, 6) is 0.322. The molecule has 3 rings (SSSR count). The highest BCUT2D eigenvalue weighted by molar-refractivity contribution is 6.33. The fourth-order valence-corrected chi connectivity index (χ4v) is 3.27. The van der Waals surface area contributed by atoms with Gasteiger partial charge < -0.3 is 19.7 Å². The van der Waals surface area contributed by atoms with Gasteiger partial charge in [0.2, 0.25) is 0 Å². The Hall–Kier alpha value is -1.95. The van der Waals surface area contributed by atoms with Gasteiger partial charge in [0.25, 0.3) is 5.91 Å². The number of carbonyl (C=O) groups excluding carboxylic acids is 2. The largest absolute Gasteiger partial charge is 0.480 e. The summed E-state index contributed by atoms with van der Waals surface area (Å²) >= 11 is 6.49. The Balaban J connectivity index is 1.82. The molecule has 1 aromatic rings. The van der Waals surface area contributed by atoms with Crippen molar-refractivity contribution < 1.29 is 19.1 Å². The molecule has 24 heavy (non-hydrogen) atoms. The highest BCUT2D eigenvalue weighted by atomic mass is 35.5. The van der Waals surface area contributed by atoms with Crippen molar-refractivity contribution in [2.45, 2.75) is 39.2 Å². The molecule has 0 saturated heterocycles. The normalized spacial score (nSPS) is 17.2. The summed E-state index contributed by atoms with van der Waals surface area (Å²) in [6.07, 6.45) is 0.955. The molecule has 2 amide bonds. The minimum absolute atomic E-state index is 0.0322. The number of benzene rings is 1. The number of hydrogen-bond acceptors (Lipinski definition) is 4. The van der Waals surface area contributed by atoms with Crippen LogP contribution in [0.15, 0.2) is 6.07 Å². The van der Waals surface area contributed by atoms with E-state index in [-0.39, 0.29) is 18.6 Å². The lowest BCUT2D eigenvalue weighted by atomic mass is 10.0. The predicted octanol–water partition coefficient (Wildman–Crippen LogP) is 3.01. The molecule has 130 valence electrons. The minimum atomic E-state index is -0.523. The number of ether oxygens (including phenoxy) is 2. The van der Waals surface area contributed by atoms with Crippen molar-refractivity contribution in [2.24, 2.45) is 0 Å². The number of anilines is 1. The highest BCUT2D eigenvalue weighted by Crippen LogP contribution is 2.41. The number of hydrogen-bond donors (Lipinski definition) is 1. The maximum Gasteiger partial charge on any atom is 0.410 e. The molecule has 0 aromatic heterocycles. The fourth-order valence-electron chi connectivity index (χ4n) is 2.90. The summed E-state index contributed by atoms with van der Waals surface area (Å²) in [4.78, 5) is 25.5. The van der Waals surface area contributed by atoms with E-state index < -0.39 is 5.60 Å². The molecule has 0 aliphatic carbocycles. The van der Waals surface area contributed by atoms with E-state index in [0.29, 0.717) is 42.4 Å². The zero-order chi connectivity index (χ0) is 17.5. The van der Waals surface area contributed by atoms with E-state index in [1.807, 2.05) is 26.8 Å². The Morgan fingerprint density at radius 1 is 1.33 bits per heavy atom. The van der Waals surface area contributed by atoms with Gasteiger partial charge in [-0.05, 0) is 50.8 Å². The van der Waals surface area contributed by atoms with Crippen LogP contribution in [0.5, 0.6) is 5.75 Å². The summed E-state index contributed by atoms with van der Waals surface area (Å²) in [5, 5.41) is 3.30. The molecule has 0 fully saturated rings. The summed E-state index contributed by atoms with van der Waals surface area (Å²) < 4.78 is 10.9. The van der Waals surface area contributed by atoms with Crippen molar-refractivity contribution in [3.8, 4) is 5.75 Å². The second-order valence-corrected chi connectivity index (χ2v) is 7.39. The van der Waals surface area contributed by atoms with Crippen LogP contribution in [0.1, 0.15) is 31.9 Å². The SMILES string of the molecule is CC(C)(C)OC(=O)N1CCc2cc3c(c(Cl)c2CC1)OCC(=O)N3. The molecule has 0 saturated carbocycles. The maximum atomic E-state index is 12.3. The van der Waals surface area contributed by atoms with Crippen molar-refractivity contribution in [3.63, 3.8) is 0 Å². The average Bonchev–Trinajstić information content (AvgIpc) is 2.68. The van der Waals surface area contributed by atoms with Crippen molar-refractivity contribution in [1.82, 2.24) is 4.90 Å². The highest BCUT2D eigenvalue weighted by Gasteiger charge is 2.28. The summed E-state index contributed by atoms with van der Waals surface area (Å²) in [5.41, 5.74) is 2.07. The van der Waals surface area contributed by atoms with Gasteiger partial charge in [-0.25, -0.2) is 4.79 Å². The first kappa shape index (κ1) is 16.9. The Labute approximate surface area is 146 Å². The molecular formula is C17H21ClN2O4. The zero-order valence-electron chi connectivity index (χ0n) is 14.1. The van der Waals surface area contributed by atoms with Crippen LogP contribution in [-0.2, 0) is 22.4 Å². The van der Waals surface area contributed by atoms with Gasteiger partial charge in [0.15, 0.2) is 12.4 Å². The summed E-state index contributed by atoms with van der Waals surface area (Å²) in [6.45, 7) is 6.60. The molecule has 1 N–H and O–H groups in total. The van der Waals surface area contributed by atoms with Crippen molar-refractivity contribution >= 4 is 29.3 Å². The maximum absolute atomic E-state index is 12.3. The van der Waals surface area contributed by atoms with Gasteiger partial charge in [0, 0.05) is 13.1 Å². The zero-order valence-corrected chi connectivity index (χ0v) is 14.8. The Morgan fingerprint density at radius 3 is 2.75 bits per heavy atom. The van der Waals surface area contributed by atoms with Gasteiger partial charge in [0.05, 0.1) is 10.7 Å². The van der Waals surface area contributed by atoms with Crippen LogP contribution < -0.4 is 10.1 Å². The number of carbonyl (C=O) groups is 2. The topological polar surface area (TPSA) is 67.9 Å². The van der Waals surface area contributed by atoms with E-state index >= 15 is 0 Å². The van der Waals surface area contributed by atoms with Gasteiger partial charge in [-0.1, -0.05) is 11.6 Å². The number of fused-ring (bicyclic) bond motifs is 2. The number of nitrogens with one attached hydrogen (secondary N) is 1. The van der Waals surface area contributed by atoms with Crippen LogP contribution >= 0.6 is 11.6 Å². The number of rotatable bonds is 0. The summed E-state index contributed by atoms with van der Waals surface area (Å²) in [7, 11) is 0. The molecule has 0 bridgehead atoms. The Kier molecular flexibility index (Phi) is 4.34. The Bertz CT molecular complexity index is 697. The predicted molar refractivity (Wildman–Crippen MR) is 90.8 cm³/mol. The quantitative estimate of drug-likeness (QED) is 0.779. The molecule has 2 aliphatic heterocycles. The molecule has 0 atom stereocenters. The molecule has 2 aliphatic rings. The standard InChI is InChI=1S/C17H21ClN2O4/c1-17(2,3)24-16(22)20-6-4-10-8-12-15(23-9-13(21)19-12)14(18)11(10)5-7-20/h8H,4-7,9H2,1-3H3,(H,19,21). The first-order chi connectivity index (χ1) is 11.2. The van der Waals surface area contributed by atoms with Gasteiger partial charge >= 0.3 is 6.09 Å². The monoisotopic (exact) mass is 352 g/mol. The van der Waals surface area contributed by atoms with Crippen molar-refractivity contribution in [2.75, 3.05) is 25.0 Å². The van der Waals surface area contributed by atoms with E-state index in [0.717, 1.165) is 11.1 Å². The van der Waals surface area contributed by atoms with Gasteiger partial charge in [0.1, 0.15) is 5.60 Å². The van der Waals surface area contributed by atoms with Crippen LogP contribution in [0.2, 0.25) is 5.02 Å². The third-order valence-electron chi connectivity index (χ3n) is 3.97. The second kappa shape index (κ2) is 6.16. The van der Waals surface area contributed by atoms with Gasteiger partial charge in [-0.2, -0.15) is 0 Å². The second-order valence-electron chi connectivity index (χ2n) is 7.01. The smallest absolute Gasteiger partial charge is 0.410 e. The minimum Gasteiger partial charge on any atom is -0.480 e. The molecule has 0 unspecified atom stereocenters.